The zero-order valence-corrected chi connectivity index (χ0v) is 11.2. The van der Waals surface area contributed by atoms with Crippen LogP contribution in [0.15, 0.2) is 24.3 Å². The molecule has 0 fully saturated rings. The molecule has 1 unspecified atom stereocenters. The minimum atomic E-state index is -1.43. The van der Waals surface area contributed by atoms with Crippen LogP contribution in [0.2, 0.25) is 0 Å². The molecule has 17 heavy (non-hydrogen) atoms. The topological polar surface area (TPSA) is 0 Å². The Morgan fingerprint density at radius 2 is 1.71 bits per heavy atom. The van der Waals surface area contributed by atoms with E-state index in [9.17, 15) is 13.2 Å². The Labute approximate surface area is 109 Å². The number of hydrogen-bond donors (Lipinski definition) is 0. The van der Waals surface area contributed by atoms with E-state index >= 15 is 0 Å². The standard InChI is InChI=1S/C12H8BrF3S/c1-6-2-3-10(17-6)11(13)7-4-8(14)12(16)9(15)5-7/h2-5,11H,1H3. The molecule has 1 heterocycles. The summed E-state index contributed by atoms with van der Waals surface area (Å²) in [6, 6.07) is 5.81. The van der Waals surface area contributed by atoms with Crippen LogP contribution in [0.5, 0.6) is 0 Å². The second kappa shape index (κ2) is 4.82. The quantitative estimate of drug-likeness (QED) is 0.542. The van der Waals surface area contributed by atoms with Crippen molar-refractivity contribution >= 4 is 27.3 Å². The van der Waals surface area contributed by atoms with E-state index in [1.165, 1.54) is 11.3 Å². The maximum atomic E-state index is 13.1. The first-order chi connectivity index (χ1) is 7.99. The highest BCUT2D eigenvalue weighted by Gasteiger charge is 2.17. The molecule has 0 radical (unpaired) electrons. The average molecular weight is 321 g/mol. The van der Waals surface area contributed by atoms with Crippen molar-refractivity contribution < 1.29 is 13.2 Å². The molecular formula is C12H8BrF3S. The second-order valence-corrected chi connectivity index (χ2v) is 5.84. The molecule has 0 saturated heterocycles. The van der Waals surface area contributed by atoms with Crippen LogP contribution in [0.4, 0.5) is 13.2 Å². The van der Waals surface area contributed by atoms with Crippen molar-refractivity contribution in [2.24, 2.45) is 0 Å². The fraction of sp³-hybridized carbons (Fsp3) is 0.167. The summed E-state index contributed by atoms with van der Waals surface area (Å²) in [5.41, 5.74) is 0.364. The third kappa shape index (κ3) is 2.55. The van der Waals surface area contributed by atoms with Gasteiger partial charge >= 0.3 is 0 Å². The summed E-state index contributed by atoms with van der Waals surface area (Å²) >= 11 is 4.88. The fourth-order valence-corrected chi connectivity index (χ4v) is 3.06. The van der Waals surface area contributed by atoms with Gasteiger partial charge in [-0.3, -0.25) is 0 Å². The van der Waals surface area contributed by atoms with Crippen molar-refractivity contribution in [3.63, 3.8) is 0 Å². The van der Waals surface area contributed by atoms with Crippen LogP contribution in [0, 0.1) is 24.4 Å². The van der Waals surface area contributed by atoms with Crippen LogP contribution in [-0.2, 0) is 0 Å². The molecule has 90 valence electrons. The summed E-state index contributed by atoms with van der Waals surface area (Å²) in [5.74, 6) is -3.77. The van der Waals surface area contributed by atoms with Crippen molar-refractivity contribution in [3.8, 4) is 0 Å². The molecule has 2 aromatic rings. The van der Waals surface area contributed by atoms with Gasteiger partial charge < -0.3 is 0 Å². The molecule has 0 nitrogen and oxygen atoms in total. The Morgan fingerprint density at radius 1 is 1.12 bits per heavy atom. The van der Waals surface area contributed by atoms with Gasteiger partial charge in [-0.05, 0) is 36.8 Å². The first-order valence-electron chi connectivity index (χ1n) is 4.84. The molecule has 0 amide bonds. The van der Waals surface area contributed by atoms with Gasteiger partial charge in [0.2, 0.25) is 0 Å². The van der Waals surface area contributed by atoms with Gasteiger partial charge in [-0.25, -0.2) is 13.2 Å². The lowest BCUT2D eigenvalue weighted by molar-refractivity contribution is 0.445. The number of thiophene rings is 1. The summed E-state index contributed by atoms with van der Waals surface area (Å²) < 4.78 is 39.0. The zero-order valence-electron chi connectivity index (χ0n) is 8.81. The fourth-order valence-electron chi connectivity index (χ4n) is 1.48. The molecule has 1 aromatic carbocycles. The molecule has 0 N–H and O–H groups in total. The van der Waals surface area contributed by atoms with Crippen molar-refractivity contribution in [1.29, 1.82) is 0 Å². The third-order valence-corrected chi connectivity index (χ3v) is 4.70. The van der Waals surface area contributed by atoms with E-state index in [4.69, 9.17) is 0 Å². The molecule has 2 rings (SSSR count). The van der Waals surface area contributed by atoms with Gasteiger partial charge in [0.25, 0.3) is 0 Å². The summed E-state index contributed by atoms with van der Waals surface area (Å²) in [7, 11) is 0. The second-order valence-electron chi connectivity index (χ2n) is 3.61. The van der Waals surface area contributed by atoms with Crippen LogP contribution in [0.3, 0.4) is 0 Å². The minimum Gasteiger partial charge on any atom is -0.204 e. The van der Waals surface area contributed by atoms with Gasteiger partial charge in [-0.2, -0.15) is 0 Å². The van der Waals surface area contributed by atoms with Crippen LogP contribution in [-0.4, -0.2) is 0 Å². The van der Waals surface area contributed by atoms with Crippen LogP contribution < -0.4 is 0 Å². The van der Waals surface area contributed by atoms with Gasteiger partial charge in [0.1, 0.15) is 0 Å². The molecule has 0 aliphatic heterocycles. The maximum Gasteiger partial charge on any atom is 0.194 e. The van der Waals surface area contributed by atoms with E-state index in [2.05, 4.69) is 15.9 Å². The zero-order chi connectivity index (χ0) is 12.6. The Balaban J connectivity index is 2.41. The lowest BCUT2D eigenvalue weighted by atomic mass is 10.1. The first kappa shape index (κ1) is 12.6. The van der Waals surface area contributed by atoms with Gasteiger partial charge in [-0.1, -0.05) is 15.9 Å². The number of hydrogen-bond acceptors (Lipinski definition) is 1. The van der Waals surface area contributed by atoms with Gasteiger partial charge in [0.05, 0.1) is 4.83 Å². The van der Waals surface area contributed by atoms with Crippen molar-refractivity contribution in [1.82, 2.24) is 0 Å². The number of rotatable bonds is 2. The van der Waals surface area contributed by atoms with E-state index in [-0.39, 0.29) is 4.83 Å². The average Bonchev–Trinajstić information content (AvgIpc) is 2.71. The molecule has 1 aromatic heterocycles. The predicted molar refractivity (Wildman–Crippen MR) is 66.1 cm³/mol. The van der Waals surface area contributed by atoms with Gasteiger partial charge in [0, 0.05) is 9.75 Å². The number of benzene rings is 1. The number of alkyl halides is 1. The highest BCUT2D eigenvalue weighted by molar-refractivity contribution is 9.09. The van der Waals surface area contributed by atoms with Crippen molar-refractivity contribution in [3.05, 3.63) is 57.0 Å². The lowest BCUT2D eigenvalue weighted by Crippen LogP contribution is -1.97. The number of halogens is 4. The molecule has 0 spiro atoms. The maximum absolute atomic E-state index is 13.1. The highest BCUT2D eigenvalue weighted by atomic mass is 79.9. The van der Waals surface area contributed by atoms with E-state index in [1.54, 1.807) is 0 Å². The van der Waals surface area contributed by atoms with E-state index in [1.807, 2.05) is 19.1 Å². The minimum absolute atomic E-state index is 0.328. The summed E-state index contributed by atoms with van der Waals surface area (Å²) in [6.45, 7) is 1.94. The Morgan fingerprint density at radius 3 is 2.18 bits per heavy atom. The van der Waals surface area contributed by atoms with E-state index < -0.39 is 17.5 Å². The highest BCUT2D eigenvalue weighted by Crippen LogP contribution is 2.36. The summed E-state index contributed by atoms with van der Waals surface area (Å²) in [6.07, 6.45) is 0. The Bertz CT molecular complexity index is 527. The van der Waals surface area contributed by atoms with Gasteiger partial charge in [-0.15, -0.1) is 11.3 Å². The first-order valence-corrected chi connectivity index (χ1v) is 6.57. The number of aryl methyl sites for hydroxylation is 1. The van der Waals surface area contributed by atoms with Crippen molar-refractivity contribution in [2.75, 3.05) is 0 Å². The molecular weight excluding hydrogens is 313 g/mol. The largest absolute Gasteiger partial charge is 0.204 e. The molecule has 5 heteroatoms. The molecule has 0 bridgehead atoms. The van der Waals surface area contributed by atoms with Crippen LogP contribution in [0.1, 0.15) is 20.1 Å². The SMILES string of the molecule is Cc1ccc(C(Br)c2cc(F)c(F)c(F)c2)s1. The Hall–Kier alpha value is -0.810. The van der Waals surface area contributed by atoms with Gasteiger partial charge in [0.15, 0.2) is 17.5 Å². The van der Waals surface area contributed by atoms with Crippen LogP contribution in [0.25, 0.3) is 0 Å². The third-order valence-electron chi connectivity index (χ3n) is 2.31. The normalized spacial score (nSPS) is 12.8. The Kier molecular flexibility index (Phi) is 3.58. The monoisotopic (exact) mass is 320 g/mol. The van der Waals surface area contributed by atoms with E-state index in [0.29, 0.717) is 5.56 Å². The predicted octanol–water partition coefficient (Wildman–Crippen LogP) is 4.96. The summed E-state index contributed by atoms with van der Waals surface area (Å²) in [5, 5.41) is 0. The van der Waals surface area contributed by atoms with E-state index in [0.717, 1.165) is 21.9 Å². The van der Waals surface area contributed by atoms with Crippen molar-refractivity contribution in [2.45, 2.75) is 11.8 Å². The molecule has 0 saturated carbocycles. The smallest absolute Gasteiger partial charge is 0.194 e. The molecule has 0 aliphatic carbocycles. The summed E-state index contributed by atoms with van der Waals surface area (Å²) in [4.78, 5) is 1.70. The lowest BCUT2D eigenvalue weighted by Gasteiger charge is -2.09. The van der Waals surface area contributed by atoms with Crippen LogP contribution >= 0.6 is 27.3 Å². The molecule has 0 aliphatic rings. The molecule has 1 atom stereocenters.